The Morgan fingerprint density at radius 2 is 1.90 bits per heavy atom. The summed E-state index contributed by atoms with van der Waals surface area (Å²) in [5.41, 5.74) is 6.57. The van der Waals surface area contributed by atoms with Crippen molar-refractivity contribution >= 4 is 27.6 Å². The van der Waals surface area contributed by atoms with Gasteiger partial charge in [-0.25, -0.2) is 4.79 Å². The molecule has 0 amide bonds. The van der Waals surface area contributed by atoms with Gasteiger partial charge in [-0.05, 0) is 36.4 Å². The first kappa shape index (κ1) is 14.4. The molecule has 20 heavy (non-hydrogen) atoms. The van der Waals surface area contributed by atoms with E-state index in [2.05, 4.69) is 15.9 Å². The number of carbonyl (C=O) groups excluding carboxylic acids is 1. The van der Waals surface area contributed by atoms with Crippen molar-refractivity contribution in [2.45, 2.75) is 0 Å². The van der Waals surface area contributed by atoms with Crippen molar-refractivity contribution in [2.75, 3.05) is 18.9 Å². The van der Waals surface area contributed by atoms with Gasteiger partial charge in [-0.15, -0.1) is 0 Å². The number of rotatable bonds is 5. The van der Waals surface area contributed by atoms with E-state index >= 15 is 0 Å². The zero-order chi connectivity index (χ0) is 14.4. The monoisotopic (exact) mass is 335 g/mol. The molecule has 0 saturated heterocycles. The summed E-state index contributed by atoms with van der Waals surface area (Å²) in [6.07, 6.45) is 0. The fraction of sp³-hybridized carbons (Fsp3) is 0.133. The minimum atomic E-state index is -0.407. The molecule has 2 N–H and O–H groups in total. The molecule has 0 saturated carbocycles. The van der Waals surface area contributed by atoms with Crippen molar-refractivity contribution in [2.24, 2.45) is 0 Å². The summed E-state index contributed by atoms with van der Waals surface area (Å²) in [6.45, 7) is 0.477. The molecule has 0 heterocycles. The molecule has 0 unspecified atom stereocenters. The fourth-order valence-electron chi connectivity index (χ4n) is 1.60. The van der Waals surface area contributed by atoms with Crippen LogP contribution < -0.4 is 10.5 Å². The van der Waals surface area contributed by atoms with Crippen LogP contribution in [0.2, 0.25) is 0 Å². The number of ether oxygens (including phenoxy) is 2. The zero-order valence-corrected chi connectivity index (χ0v) is 12.3. The number of halogens is 1. The summed E-state index contributed by atoms with van der Waals surface area (Å²) in [6, 6.07) is 14.1. The van der Waals surface area contributed by atoms with Crippen LogP contribution in [0.15, 0.2) is 53.0 Å². The minimum absolute atomic E-state index is 0.181. The molecule has 0 radical (unpaired) electrons. The lowest BCUT2D eigenvalue weighted by Gasteiger charge is -2.08. The molecule has 0 aromatic heterocycles. The Morgan fingerprint density at radius 3 is 2.65 bits per heavy atom. The van der Waals surface area contributed by atoms with Crippen LogP contribution >= 0.6 is 15.9 Å². The van der Waals surface area contributed by atoms with Crippen LogP contribution in [0.1, 0.15) is 10.4 Å². The first-order chi connectivity index (χ1) is 9.65. The Balaban J connectivity index is 1.77. The third-order valence-electron chi connectivity index (χ3n) is 2.50. The molecule has 0 spiro atoms. The van der Waals surface area contributed by atoms with E-state index in [0.717, 1.165) is 10.2 Å². The average molecular weight is 336 g/mol. The van der Waals surface area contributed by atoms with Crippen LogP contribution in [0.3, 0.4) is 0 Å². The highest BCUT2D eigenvalue weighted by Gasteiger charge is 2.06. The highest BCUT2D eigenvalue weighted by atomic mass is 79.9. The SMILES string of the molecule is Nc1cccc(C(=O)OCCOc2cccc(Br)c2)c1. The third-order valence-corrected chi connectivity index (χ3v) is 3.00. The molecule has 2 aromatic carbocycles. The van der Waals surface area contributed by atoms with Gasteiger partial charge < -0.3 is 15.2 Å². The molecule has 0 aliphatic carbocycles. The van der Waals surface area contributed by atoms with Crippen molar-refractivity contribution in [1.82, 2.24) is 0 Å². The highest BCUT2D eigenvalue weighted by molar-refractivity contribution is 9.10. The summed E-state index contributed by atoms with van der Waals surface area (Å²) in [7, 11) is 0. The summed E-state index contributed by atoms with van der Waals surface area (Å²) in [4.78, 5) is 11.7. The second-order valence-electron chi connectivity index (χ2n) is 4.07. The second-order valence-corrected chi connectivity index (χ2v) is 4.98. The lowest BCUT2D eigenvalue weighted by Crippen LogP contribution is -2.12. The fourth-order valence-corrected chi connectivity index (χ4v) is 1.98. The molecule has 0 aliphatic rings. The van der Waals surface area contributed by atoms with E-state index in [0.29, 0.717) is 17.9 Å². The molecular formula is C15H14BrNO3. The van der Waals surface area contributed by atoms with Crippen molar-refractivity contribution < 1.29 is 14.3 Å². The molecular weight excluding hydrogens is 322 g/mol. The minimum Gasteiger partial charge on any atom is -0.490 e. The predicted molar refractivity (Wildman–Crippen MR) is 80.8 cm³/mol. The summed E-state index contributed by atoms with van der Waals surface area (Å²) >= 11 is 3.35. The maximum absolute atomic E-state index is 11.7. The van der Waals surface area contributed by atoms with Crippen LogP contribution in [0.4, 0.5) is 5.69 Å². The van der Waals surface area contributed by atoms with Crippen LogP contribution in [0.25, 0.3) is 0 Å². The van der Waals surface area contributed by atoms with Gasteiger partial charge in [-0.1, -0.05) is 28.1 Å². The Hall–Kier alpha value is -2.01. The van der Waals surface area contributed by atoms with Crippen molar-refractivity contribution in [3.05, 3.63) is 58.6 Å². The number of benzene rings is 2. The predicted octanol–water partition coefficient (Wildman–Crippen LogP) is 3.27. The Kier molecular flexibility index (Phi) is 5.01. The van der Waals surface area contributed by atoms with Crippen molar-refractivity contribution in [3.8, 4) is 5.75 Å². The van der Waals surface area contributed by atoms with E-state index in [9.17, 15) is 4.79 Å². The van der Waals surface area contributed by atoms with E-state index in [-0.39, 0.29) is 6.61 Å². The van der Waals surface area contributed by atoms with Gasteiger partial charge in [0.25, 0.3) is 0 Å². The van der Waals surface area contributed by atoms with E-state index in [4.69, 9.17) is 15.2 Å². The first-order valence-corrected chi connectivity index (χ1v) is 6.85. The molecule has 4 nitrogen and oxygen atoms in total. The second kappa shape index (κ2) is 6.96. The number of anilines is 1. The maximum Gasteiger partial charge on any atom is 0.338 e. The molecule has 0 atom stereocenters. The van der Waals surface area contributed by atoms with Gasteiger partial charge in [0.05, 0.1) is 5.56 Å². The standard InChI is InChI=1S/C15H14BrNO3/c16-12-4-2-6-14(10-12)19-7-8-20-15(18)11-3-1-5-13(17)9-11/h1-6,9-10H,7-8,17H2. The largest absolute Gasteiger partial charge is 0.490 e. The molecule has 0 bridgehead atoms. The molecule has 2 rings (SSSR count). The summed E-state index contributed by atoms with van der Waals surface area (Å²) < 4.78 is 11.5. The Morgan fingerprint density at radius 1 is 1.10 bits per heavy atom. The van der Waals surface area contributed by atoms with Crippen molar-refractivity contribution in [3.63, 3.8) is 0 Å². The molecule has 2 aromatic rings. The van der Waals surface area contributed by atoms with E-state index < -0.39 is 5.97 Å². The topological polar surface area (TPSA) is 61.6 Å². The van der Waals surface area contributed by atoms with Gasteiger partial charge >= 0.3 is 5.97 Å². The maximum atomic E-state index is 11.7. The van der Waals surface area contributed by atoms with E-state index in [1.165, 1.54) is 0 Å². The zero-order valence-electron chi connectivity index (χ0n) is 10.7. The first-order valence-electron chi connectivity index (χ1n) is 6.06. The molecule has 0 aliphatic heterocycles. The number of nitrogens with two attached hydrogens (primary N) is 1. The van der Waals surface area contributed by atoms with E-state index in [1.54, 1.807) is 24.3 Å². The van der Waals surface area contributed by atoms with Gasteiger partial charge in [0, 0.05) is 10.2 Å². The molecule has 0 fully saturated rings. The van der Waals surface area contributed by atoms with Gasteiger partial charge in [0.2, 0.25) is 0 Å². The normalized spacial score (nSPS) is 10.1. The number of carbonyl (C=O) groups is 1. The van der Waals surface area contributed by atoms with Crippen LogP contribution in [0.5, 0.6) is 5.75 Å². The molecule has 5 heteroatoms. The Bertz CT molecular complexity index is 601. The number of nitrogen functional groups attached to an aromatic ring is 1. The number of esters is 1. The van der Waals surface area contributed by atoms with Crippen LogP contribution in [-0.4, -0.2) is 19.2 Å². The average Bonchev–Trinajstić information content (AvgIpc) is 2.43. The van der Waals surface area contributed by atoms with E-state index in [1.807, 2.05) is 24.3 Å². The molecule has 104 valence electrons. The number of hydrogen-bond acceptors (Lipinski definition) is 4. The van der Waals surface area contributed by atoms with Crippen molar-refractivity contribution in [1.29, 1.82) is 0 Å². The summed E-state index contributed by atoms with van der Waals surface area (Å²) in [5.74, 6) is 0.314. The van der Waals surface area contributed by atoms with Crippen LogP contribution in [0, 0.1) is 0 Å². The third kappa shape index (κ3) is 4.28. The smallest absolute Gasteiger partial charge is 0.338 e. The lowest BCUT2D eigenvalue weighted by molar-refractivity contribution is 0.0450. The van der Waals surface area contributed by atoms with Gasteiger partial charge in [-0.2, -0.15) is 0 Å². The summed E-state index contributed by atoms with van der Waals surface area (Å²) in [5, 5.41) is 0. The van der Waals surface area contributed by atoms with Gasteiger partial charge in [-0.3, -0.25) is 0 Å². The highest BCUT2D eigenvalue weighted by Crippen LogP contribution is 2.17. The van der Waals surface area contributed by atoms with Gasteiger partial charge in [0.1, 0.15) is 19.0 Å². The number of hydrogen-bond donors (Lipinski definition) is 1. The quantitative estimate of drug-likeness (QED) is 0.517. The van der Waals surface area contributed by atoms with Gasteiger partial charge in [0.15, 0.2) is 0 Å². The lowest BCUT2D eigenvalue weighted by atomic mass is 10.2. The Labute approximate surface area is 125 Å². The van der Waals surface area contributed by atoms with Crippen LogP contribution in [-0.2, 0) is 4.74 Å².